The lowest BCUT2D eigenvalue weighted by Gasteiger charge is -2.21. The highest BCUT2D eigenvalue weighted by Crippen LogP contribution is 2.29. The smallest absolute Gasteiger partial charge is 0.387 e. The van der Waals surface area contributed by atoms with Crippen LogP contribution in [0.1, 0.15) is 30.6 Å². The summed E-state index contributed by atoms with van der Waals surface area (Å²) >= 11 is 0. The molecule has 0 bridgehead atoms. The van der Waals surface area contributed by atoms with E-state index in [2.05, 4.69) is 10.1 Å². The molecule has 0 aromatic heterocycles. The van der Waals surface area contributed by atoms with Gasteiger partial charge in [-0.25, -0.2) is 0 Å². The van der Waals surface area contributed by atoms with E-state index < -0.39 is 24.5 Å². The summed E-state index contributed by atoms with van der Waals surface area (Å²) in [7, 11) is 1.26. The number of alkyl halides is 2. The van der Waals surface area contributed by atoms with Gasteiger partial charge in [-0.05, 0) is 24.1 Å². The first-order valence-corrected chi connectivity index (χ1v) is 7.03. The SMILES string of the molecule is CCC(C)C(NC(=O)c1ccc(OC(F)F)c(OC)c1)C(N)=O. The molecular formula is C15H20F2N2O4. The Morgan fingerprint density at radius 2 is 1.96 bits per heavy atom. The molecular weight excluding hydrogens is 310 g/mol. The molecule has 0 radical (unpaired) electrons. The van der Waals surface area contributed by atoms with Crippen LogP contribution < -0.4 is 20.5 Å². The predicted molar refractivity (Wildman–Crippen MR) is 79.5 cm³/mol. The van der Waals surface area contributed by atoms with Gasteiger partial charge in [0.2, 0.25) is 5.91 Å². The Balaban J connectivity index is 2.97. The summed E-state index contributed by atoms with van der Waals surface area (Å²) in [5.74, 6) is -1.54. The highest BCUT2D eigenvalue weighted by Gasteiger charge is 2.24. The van der Waals surface area contributed by atoms with Gasteiger partial charge in [0.15, 0.2) is 11.5 Å². The van der Waals surface area contributed by atoms with Gasteiger partial charge in [-0.2, -0.15) is 8.78 Å². The van der Waals surface area contributed by atoms with Gasteiger partial charge in [0.05, 0.1) is 7.11 Å². The topological polar surface area (TPSA) is 90.7 Å². The summed E-state index contributed by atoms with van der Waals surface area (Å²) in [6.07, 6.45) is 0.651. The molecule has 0 spiro atoms. The zero-order valence-corrected chi connectivity index (χ0v) is 13.1. The van der Waals surface area contributed by atoms with Crippen LogP contribution in [0.4, 0.5) is 8.78 Å². The van der Waals surface area contributed by atoms with Gasteiger partial charge >= 0.3 is 6.61 Å². The highest BCUT2D eigenvalue weighted by atomic mass is 19.3. The molecule has 23 heavy (non-hydrogen) atoms. The quantitative estimate of drug-likeness (QED) is 0.762. The number of nitrogens with two attached hydrogens (primary N) is 1. The molecule has 0 fully saturated rings. The molecule has 1 aromatic rings. The van der Waals surface area contributed by atoms with Gasteiger partial charge in [0, 0.05) is 5.56 Å². The zero-order valence-electron chi connectivity index (χ0n) is 13.1. The van der Waals surface area contributed by atoms with E-state index in [4.69, 9.17) is 10.5 Å². The van der Waals surface area contributed by atoms with Crippen molar-refractivity contribution in [2.75, 3.05) is 7.11 Å². The maximum Gasteiger partial charge on any atom is 0.387 e. The summed E-state index contributed by atoms with van der Waals surface area (Å²) in [5.41, 5.74) is 5.43. The predicted octanol–water partition coefficient (Wildman–Crippen LogP) is 1.93. The number of halogens is 2. The summed E-state index contributed by atoms with van der Waals surface area (Å²) in [6, 6.07) is 2.92. The number of hydrogen-bond donors (Lipinski definition) is 2. The third kappa shape index (κ3) is 5.08. The molecule has 2 atom stereocenters. The zero-order chi connectivity index (χ0) is 17.6. The van der Waals surface area contributed by atoms with E-state index in [1.54, 1.807) is 6.92 Å². The Bertz CT molecular complexity index is 566. The molecule has 0 aliphatic heterocycles. The monoisotopic (exact) mass is 330 g/mol. The van der Waals surface area contributed by atoms with E-state index in [1.165, 1.54) is 25.3 Å². The van der Waals surface area contributed by atoms with Crippen molar-refractivity contribution < 1.29 is 27.8 Å². The first-order chi connectivity index (χ1) is 10.8. The molecule has 3 N–H and O–H groups in total. The summed E-state index contributed by atoms with van der Waals surface area (Å²) in [5, 5.41) is 2.54. The molecule has 0 saturated carbocycles. The average molecular weight is 330 g/mol. The maximum absolute atomic E-state index is 12.3. The van der Waals surface area contributed by atoms with Crippen molar-refractivity contribution in [3.8, 4) is 11.5 Å². The second kappa shape index (κ2) is 8.30. The molecule has 2 unspecified atom stereocenters. The molecule has 2 amide bonds. The highest BCUT2D eigenvalue weighted by molar-refractivity contribution is 5.97. The first kappa shape index (κ1) is 18.7. The van der Waals surface area contributed by atoms with Gasteiger partial charge in [0.25, 0.3) is 5.91 Å². The number of primary amides is 1. The summed E-state index contributed by atoms with van der Waals surface area (Å²) in [4.78, 5) is 23.7. The van der Waals surface area contributed by atoms with Crippen molar-refractivity contribution in [3.05, 3.63) is 23.8 Å². The number of nitrogens with one attached hydrogen (secondary N) is 1. The van der Waals surface area contributed by atoms with Crippen LogP contribution in [0, 0.1) is 5.92 Å². The average Bonchev–Trinajstić information content (AvgIpc) is 2.51. The lowest BCUT2D eigenvalue weighted by Crippen LogP contribution is -2.48. The van der Waals surface area contributed by atoms with E-state index in [-0.39, 0.29) is 23.0 Å². The maximum atomic E-state index is 12.3. The van der Waals surface area contributed by atoms with E-state index >= 15 is 0 Å². The number of amides is 2. The molecule has 8 heteroatoms. The molecule has 6 nitrogen and oxygen atoms in total. The minimum absolute atomic E-state index is 0.0166. The fraction of sp³-hybridized carbons (Fsp3) is 0.467. The molecule has 128 valence electrons. The first-order valence-electron chi connectivity index (χ1n) is 7.03. The third-order valence-electron chi connectivity index (χ3n) is 3.45. The van der Waals surface area contributed by atoms with Gasteiger partial charge in [-0.1, -0.05) is 20.3 Å². The van der Waals surface area contributed by atoms with Crippen molar-refractivity contribution >= 4 is 11.8 Å². The Morgan fingerprint density at radius 1 is 1.30 bits per heavy atom. The normalized spacial score (nSPS) is 13.3. The number of ether oxygens (including phenoxy) is 2. The largest absolute Gasteiger partial charge is 0.493 e. The lowest BCUT2D eigenvalue weighted by molar-refractivity contribution is -0.120. The van der Waals surface area contributed by atoms with Gasteiger partial charge in [0.1, 0.15) is 6.04 Å². The Kier molecular flexibility index (Phi) is 6.74. The van der Waals surface area contributed by atoms with Crippen molar-refractivity contribution in [2.45, 2.75) is 32.9 Å². The molecule has 0 saturated heterocycles. The summed E-state index contributed by atoms with van der Waals surface area (Å²) in [6.45, 7) is 0.649. The Labute approximate surface area is 132 Å². The van der Waals surface area contributed by atoms with Crippen LogP contribution in [0.3, 0.4) is 0 Å². The molecule has 0 aliphatic rings. The second-order valence-electron chi connectivity index (χ2n) is 4.98. The van der Waals surface area contributed by atoms with Crippen LogP contribution in [-0.2, 0) is 4.79 Å². The van der Waals surface area contributed by atoms with Crippen LogP contribution in [-0.4, -0.2) is 31.6 Å². The lowest BCUT2D eigenvalue weighted by atomic mass is 9.98. The van der Waals surface area contributed by atoms with Crippen LogP contribution in [0.5, 0.6) is 11.5 Å². The van der Waals surface area contributed by atoms with E-state index in [1.807, 2.05) is 6.92 Å². The number of methoxy groups -OCH3 is 1. The van der Waals surface area contributed by atoms with Crippen molar-refractivity contribution in [2.24, 2.45) is 11.7 Å². The third-order valence-corrected chi connectivity index (χ3v) is 3.45. The molecule has 1 aromatic carbocycles. The van der Waals surface area contributed by atoms with E-state index in [9.17, 15) is 18.4 Å². The van der Waals surface area contributed by atoms with Gasteiger partial charge in [-0.3, -0.25) is 9.59 Å². The van der Waals surface area contributed by atoms with Gasteiger partial charge < -0.3 is 20.5 Å². The van der Waals surface area contributed by atoms with Crippen LogP contribution in [0.2, 0.25) is 0 Å². The minimum atomic E-state index is -3.01. The van der Waals surface area contributed by atoms with Crippen LogP contribution in [0.25, 0.3) is 0 Å². The number of carbonyl (C=O) groups is 2. The Morgan fingerprint density at radius 3 is 2.43 bits per heavy atom. The van der Waals surface area contributed by atoms with Crippen LogP contribution >= 0.6 is 0 Å². The van der Waals surface area contributed by atoms with E-state index in [0.717, 1.165) is 0 Å². The number of hydrogen-bond acceptors (Lipinski definition) is 4. The minimum Gasteiger partial charge on any atom is -0.493 e. The molecule has 0 aliphatic carbocycles. The van der Waals surface area contributed by atoms with E-state index in [0.29, 0.717) is 6.42 Å². The Hall–Kier alpha value is -2.38. The second-order valence-corrected chi connectivity index (χ2v) is 4.98. The molecule has 1 rings (SSSR count). The fourth-order valence-electron chi connectivity index (χ4n) is 1.96. The van der Waals surface area contributed by atoms with Crippen molar-refractivity contribution in [3.63, 3.8) is 0 Å². The molecule has 0 heterocycles. The van der Waals surface area contributed by atoms with Crippen molar-refractivity contribution in [1.82, 2.24) is 5.32 Å². The van der Waals surface area contributed by atoms with Gasteiger partial charge in [-0.15, -0.1) is 0 Å². The van der Waals surface area contributed by atoms with Crippen LogP contribution in [0.15, 0.2) is 18.2 Å². The standard InChI is InChI=1S/C15H20F2N2O4/c1-4-8(2)12(13(18)20)19-14(21)9-5-6-10(23-15(16)17)11(7-9)22-3/h5-8,12,15H,4H2,1-3H3,(H2,18,20)(H,19,21). The number of carbonyl (C=O) groups excluding carboxylic acids is 2. The number of benzene rings is 1. The van der Waals surface area contributed by atoms with Crippen molar-refractivity contribution in [1.29, 1.82) is 0 Å². The number of rotatable bonds is 8. The fourth-order valence-corrected chi connectivity index (χ4v) is 1.96. The summed E-state index contributed by atoms with van der Waals surface area (Å²) < 4.78 is 33.8.